The van der Waals surface area contributed by atoms with E-state index in [1.165, 1.54) is 6.08 Å². The summed E-state index contributed by atoms with van der Waals surface area (Å²) >= 11 is 0. The topological polar surface area (TPSA) is 69.7 Å². The van der Waals surface area contributed by atoms with Crippen LogP contribution in [0.15, 0.2) is 49.1 Å². The number of hydrogen-bond acceptors (Lipinski definition) is 5. The molecular weight excluding hydrogens is 260 g/mol. The van der Waals surface area contributed by atoms with E-state index in [0.717, 1.165) is 17.7 Å². The number of esters is 3. The molecule has 0 aromatic heterocycles. The molecule has 0 unspecified atom stereocenters. The largest absolute Gasteiger partial charge is 0.462 e. The number of rotatable bonds is 6. The molecule has 0 fully saturated rings. The third kappa shape index (κ3) is 6.30. The highest BCUT2D eigenvalue weighted by molar-refractivity contribution is 5.94. The molecule has 5 nitrogen and oxygen atoms in total. The van der Waals surface area contributed by atoms with E-state index in [-0.39, 0.29) is 13.0 Å². The summed E-state index contributed by atoms with van der Waals surface area (Å²) in [6.07, 6.45) is 3.49. The lowest BCUT2D eigenvalue weighted by Gasteiger charge is -2.01. The van der Waals surface area contributed by atoms with E-state index in [2.05, 4.69) is 16.1 Å². The smallest absolute Gasteiger partial charge is 0.338 e. The van der Waals surface area contributed by atoms with Crippen molar-refractivity contribution in [1.82, 2.24) is 0 Å². The maximum Gasteiger partial charge on any atom is 0.338 e. The van der Waals surface area contributed by atoms with Crippen LogP contribution in [-0.4, -0.2) is 24.5 Å². The van der Waals surface area contributed by atoms with Gasteiger partial charge in [0, 0.05) is 12.2 Å². The van der Waals surface area contributed by atoms with Gasteiger partial charge in [0.15, 0.2) is 0 Å². The zero-order chi connectivity index (χ0) is 14.8. The fraction of sp³-hybridized carbons (Fsp3) is 0.133. The molecule has 1 aromatic rings. The lowest BCUT2D eigenvalue weighted by molar-refractivity contribution is -0.157. The van der Waals surface area contributed by atoms with E-state index < -0.39 is 17.9 Å². The van der Waals surface area contributed by atoms with Crippen LogP contribution in [0.3, 0.4) is 0 Å². The second-order valence-electron chi connectivity index (χ2n) is 3.66. The first kappa shape index (κ1) is 15.4. The minimum atomic E-state index is -0.770. The first-order chi connectivity index (χ1) is 9.61. The Balaban J connectivity index is 2.31. The molecule has 0 aliphatic heterocycles. The van der Waals surface area contributed by atoms with Gasteiger partial charge in [-0.25, -0.2) is 9.59 Å². The van der Waals surface area contributed by atoms with Crippen molar-refractivity contribution in [2.75, 3.05) is 6.61 Å². The molecule has 0 heterocycles. The van der Waals surface area contributed by atoms with E-state index in [1.807, 2.05) is 18.2 Å². The Morgan fingerprint density at radius 3 is 2.45 bits per heavy atom. The predicted octanol–water partition coefficient (Wildman–Crippen LogP) is 1.89. The van der Waals surface area contributed by atoms with Crippen molar-refractivity contribution < 1.29 is 23.9 Å². The summed E-state index contributed by atoms with van der Waals surface area (Å²) in [6, 6.07) is 9.11. The van der Waals surface area contributed by atoms with Gasteiger partial charge in [0.1, 0.15) is 6.61 Å². The summed E-state index contributed by atoms with van der Waals surface area (Å²) in [6.45, 7) is 3.05. The number of hydrogen-bond donors (Lipinski definition) is 0. The molecule has 0 atom stereocenters. The summed E-state index contributed by atoms with van der Waals surface area (Å²) in [7, 11) is 0. The second-order valence-corrected chi connectivity index (χ2v) is 3.66. The lowest BCUT2D eigenvalue weighted by Crippen LogP contribution is -2.13. The van der Waals surface area contributed by atoms with Crippen LogP contribution in [0.25, 0.3) is 6.08 Å². The molecule has 0 aliphatic rings. The lowest BCUT2D eigenvalue weighted by atomic mass is 10.2. The molecule has 0 saturated heterocycles. The molecule has 104 valence electrons. The summed E-state index contributed by atoms with van der Waals surface area (Å²) < 4.78 is 9.09. The fourth-order valence-corrected chi connectivity index (χ4v) is 1.22. The fourth-order valence-electron chi connectivity index (χ4n) is 1.22. The van der Waals surface area contributed by atoms with Crippen LogP contribution in [0, 0.1) is 0 Å². The molecule has 1 aromatic carbocycles. The van der Waals surface area contributed by atoms with Gasteiger partial charge >= 0.3 is 17.9 Å². The molecule has 0 spiro atoms. The third-order valence-corrected chi connectivity index (χ3v) is 2.14. The first-order valence-electron chi connectivity index (χ1n) is 5.89. The molecule has 5 heteroatoms. The Labute approximate surface area is 116 Å². The van der Waals surface area contributed by atoms with E-state index in [1.54, 1.807) is 12.1 Å². The molecule has 0 saturated carbocycles. The van der Waals surface area contributed by atoms with Crippen molar-refractivity contribution in [3.05, 3.63) is 54.6 Å². The Hall–Kier alpha value is -2.69. The number of benzene rings is 1. The van der Waals surface area contributed by atoms with Crippen LogP contribution >= 0.6 is 0 Å². The Kier molecular flexibility index (Phi) is 6.47. The molecule has 0 radical (unpaired) electrons. The first-order valence-corrected chi connectivity index (χ1v) is 5.89. The summed E-state index contributed by atoms with van der Waals surface area (Å²) in [5, 5.41) is 0. The van der Waals surface area contributed by atoms with Crippen molar-refractivity contribution >= 4 is 24.0 Å². The van der Waals surface area contributed by atoms with E-state index in [4.69, 9.17) is 0 Å². The standard InChI is InChI=1S/C15H14O5/c1-2-13(16)19-11-10-15(18)20-14(17)9-8-12-6-4-3-5-7-12/h2-9H,1,10-11H2. The summed E-state index contributed by atoms with van der Waals surface area (Å²) in [4.78, 5) is 33.3. The maximum atomic E-state index is 11.3. The van der Waals surface area contributed by atoms with Gasteiger partial charge in [-0.3, -0.25) is 4.79 Å². The third-order valence-electron chi connectivity index (χ3n) is 2.14. The summed E-state index contributed by atoms with van der Waals surface area (Å²) in [5.41, 5.74) is 0.816. The molecule has 0 aliphatic carbocycles. The molecular formula is C15H14O5. The van der Waals surface area contributed by atoms with Crippen molar-refractivity contribution in [3.63, 3.8) is 0 Å². The highest BCUT2D eigenvalue weighted by atomic mass is 16.6. The number of carbonyl (C=O) groups excluding carboxylic acids is 3. The second kappa shape index (κ2) is 8.42. The number of carbonyl (C=O) groups is 3. The number of ether oxygens (including phenoxy) is 2. The van der Waals surface area contributed by atoms with Crippen LogP contribution in [0.5, 0.6) is 0 Å². The molecule has 20 heavy (non-hydrogen) atoms. The van der Waals surface area contributed by atoms with Crippen LogP contribution in [-0.2, 0) is 23.9 Å². The van der Waals surface area contributed by atoms with Gasteiger partial charge in [0.25, 0.3) is 0 Å². The Morgan fingerprint density at radius 1 is 1.10 bits per heavy atom. The quantitative estimate of drug-likeness (QED) is 0.450. The highest BCUT2D eigenvalue weighted by Gasteiger charge is 2.08. The van der Waals surface area contributed by atoms with Crippen LogP contribution < -0.4 is 0 Å². The normalized spacial score (nSPS) is 10.0. The van der Waals surface area contributed by atoms with Gasteiger partial charge < -0.3 is 9.47 Å². The van der Waals surface area contributed by atoms with Crippen LogP contribution in [0.4, 0.5) is 0 Å². The van der Waals surface area contributed by atoms with Gasteiger partial charge in [-0.05, 0) is 11.6 Å². The monoisotopic (exact) mass is 274 g/mol. The minimum absolute atomic E-state index is 0.153. The van der Waals surface area contributed by atoms with Gasteiger partial charge in [-0.15, -0.1) is 0 Å². The van der Waals surface area contributed by atoms with E-state index >= 15 is 0 Å². The van der Waals surface area contributed by atoms with E-state index in [9.17, 15) is 14.4 Å². The van der Waals surface area contributed by atoms with Gasteiger partial charge in [0.05, 0.1) is 6.42 Å². The molecule has 0 N–H and O–H groups in total. The molecule has 0 amide bonds. The average Bonchev–Trinajstić information content (AvgIpc) is 2.46. The zero-order valence-electron chi connectivity index (χ0n) is 10.8. The molecule has 1 rings (SSSR count). The maximum absolute atomic E-state index is 11.3. The van der Waals surface area contributed by atoms with E-state index in [0.29, 0.717) is 0 Å². The minimum Gasteiger partial charge on any atom is -0.462 e. The zero-order valence-corrected chi connectivity index (χ0v) is 10.8. The predicted molar refractivity (Wildman–Crippen MR) is 72.3 cm³/mol. The SMILES string of the molecule is C=CC(=O)OCCC(=O)OC(=O)C=Cc1ccccc1. The van der Waals surface area contributed by atoms with Crippen LogP contribution in [0.1, 0.15) is 12.0 Å². The average molecular weight is 274 g/mol. The van der Waals surface area contributed by atoms with Crippen molar-refractivity contribution in [3.8, 4) is 0 Å². The summed E-state index contributed by atoms with van der Waals surface area (Å²) in [5.74, 6) is -2.16. The Morgan fingerprint density at radius 2 is 1.80 bits per heavy atom. The van der Waals surface area contributed by atoms with Crippen molar-refractivity contribution in [1.29, 1.82) is 0 Å². The van der Waals surface area contributed by atoms with Gasteiger partial charge in [-0.2, -0.15) is 0 Å². The Bertz CT molecular complexity index is 516. The van der Waals surface area contributed by atoms with Crippen molar-refractivity contribution in [2.24, 2.45) is 0 Å². The van der Waals surface area contributed by atoms with Gasteiger partial charge in [-0.1, -0.05) is 36.9 Å². The molecule has 0 bridgehead atoms. The van der Waals surface area contributed by atoms with Gasteiger partial charge in [0.2, 0.25) is 0 Å². The van der Waals surface area contributed by atoms with Crippen LogP contribution in [0.2, 0.25) is 0 Å². The van der Waals surface area contributed by atoms with Crippen molar-refractivity contribution in [2.45, 2.75) is 6.42 Å². The highest BCUT2D eigenvalue weighted by Crippen LogP contribution is 2.01.